The molecule has 0 radical (unpaired) electrons. The van der Waals surface area contributed by atoms with Crippen LogP contribution in [0.2, 0.25) is 0 Å². The molecule has 152 valence electrons. The van der Waals surface area contributed by atoms with Crippen LogP contribution in [0.25, 0.3) is 11.1 Å². The van der Waals surface area contributed by atoms with Gasteiger partial charge in [0.2, 0.25) is 0 Å². The number of halogens is 2. The third-order valence-corrected chi connectivity index (χ3v) is 4.91. The predicted molar refractivity (Wildman–Crippen MR) is 121 cm³/mol. The molecule has 1 aliphatic heterocycles. The second-order valence-corrected chi connectivity index (χ2v) is 6.76. The highest BCUT2D eigenvalue weighted by atomic mass is 35.5. The minimum absolute atomic E-state index is 0. The standard InChI is InChI=1S/C23H22N2O2.2ClH/c26-23(20-10-8-18(9-11-20)19-12-14-24-15-13-19)27-22-7-4-16-25(17-22)21-5-2-1-3-6-21;;/h1-3,5-6,8-15,22H,4,7,16-17H2;2*1H. The van der Waals surface area contributed by atoms with Gasteiger partial charge in [-0.15, -0.1) is 24.8 Å². The molecule has 1 aromatic heterocycles. The fourth-order valence-electron chi connectivity index (χ4n) is 3.47. The van der Waals surface area contributed by atoms with Crippen LogP contribution >= 0.6 is 24.8 Å². The Morgan fingerprint density at radius 3 is 2.24 bits per heavy atom. The van der Waals surface area contributed by atoms with Gasteiger partial charge in [-0.3, -0.25) is 4.98 Å². The lowest BCUT2D eigenvalue weighted by atomic mass is 10.0. The van der Waals surface area contributed by atoms with E-state index in [1.807, 2.05) is 54.6 Å². The number of nitrogens with zero attached hydrogens (tertiary/aromatic N) is 2. The summed E-state index contributed by atoms with van der Waals surface area (Å²) in [6, 6.07) is 21.7. The maximum Gasteiger partial charge on any atom is 0.338 e. The first-order chi connectivity index (χ1) is 13.3. The summed E-state index contributed by atoms with van der Waals surface area (Å²) >= 11 is 0. The van der Waals surface area contributed by atoms with Gasteiger partial charge in [-0.2, -0.15) is 0 Å². The average Bonchev–Trinajstić information content (AvgIpc) is 2.75. The second kappa shape index (κ2) is 10.8. The van der Waals surface area contributed by atoms with Crippen LogP contribution in [0, 0.1) is 0 Å². The normalized spacial score (nSPS) is 15.6. The fraction of sp³-hybridized carbons (Fsp3) is 0.217. The molecular formula is C23H24Cl2N2O2. The number of hydrogen-bond acceptors (Lipinski definition) is 4. The molecule has 0 aliphatic carbocycles. The number of esters is 1. The monoisotopic (exact) mass is 430 g/mol. The van der Waals surface area contributed by atoms with Crippen LogP contribution in [0.4, 0.5) is 5.69 Å². The first-order valence-corrected chi connectivity index (χ1v) is 9.31. The molecule has 1 unspecified atom stereocenters. The lowest BCUT2D eigenvalue weighted by Crippen LogP contribution is -2.40. The molecule has 29 heavy (non-hydrogen) atoms. The molecule has 1 aliphatic rings. The summed E-state index contributed by atoms with van der Waals surface area (Å²) in [7, 11) is 0. The van der Waals surface area contributed by atoms with E-state index in [1.165, 1.54) is 5.69 Å². The fourth-order valence-corrected chi connectivity index (χ4v) is 3.47. The highest BCUT2D eigenvalue weighted by Gasteiger charge is 2.23. The molecule has 0 N–H and O–H groups in total. The maximum absolute atomic E-state index is 12.6. The zero-order chi connectivity index (χ0) is 18.5. The van der Waals surface area contributed by atoms with Crippen molar-refractivity contribution in [3.8, 4) is 11.1 Å². The van der Waals surface area contributed by atoms with Crippen molar-refractivity contribution in [2.45, 2.75) is 18.9 Å². The number of para-hydroxylation sites is 1. The summed E-state index contributed by atoms with van der Waals surface area (Å²) in [4.78, 5) is 18.9. The van der Waals surface area contributed by atoms with Crippen molar-refractivity contribution in [1.82, 2.24) is 4.98 Å². The molecule has 1 fully saturated rings. The zero-order valence-electron chi connectivity index (χ0n) is 15.9. The first kappa shape index (κ1) is 22.7. The lowest BCUT2D eigenvalue weighted by Gasteiger charge is -2.34. The summed E-state index contributed by atoms with van der Waals surface area (Å²) in [5.74, 6) is -0.254. The molecular weight excluding hydrogens is 407 g/mol. The summed E-state index contributed by atoms with van der Waals surface area (Å²) in [5, 5.41) is 0. The maximum atomic E-state index is 12.6. The van der Waals surface area contributed by atoms with E-state index in [9.17, 15) is 4.79 Å². The van der Waals surface area contributed by atoms with Crippen LogP contribution in [0.5, 0.6) is 0 Å². The molecule has 2 heterocycles. The number of carbonyl (C=O) groups excluding carboxylic acids is 1. The van der Waals surface area contributed by atoms with Gasteiger partial charge >= 0.3 is 5.97 Å². The van der Waals surface area contributed by atoms with Crippen molar-refractivity contribution >= 4 is 36.5 Å². The van der Waals surface area contributed by atoms with Crippen LogP contribution in [0.3, 0.4) is 0 Å². The number of carbonyl (C=O) groups is 1. The Balaban J connectivity index is 0.00000150. The predicted octanol–water partition coefficient (Wildman–Crippen LogP) is 5.42. The van der Waals surface area contributed by atoms with Crippen LogP contribution in [-0.2, 0) is 4.74 Å². The van der Waals surface area contributed by atoms with Crippen molar-refractivity contribution in [3.05, 3.63) is 84.7 Å². The number of aromatic nitrogens is 1. The smallest absolute Gasteiger partial charge is 0.338 e. The van der Waals surface area contributed by atoms with Crippen molar-refractivity contribution < 1.29 is 9.53 Å². The summed E-state index contributed by atoms with van der Waals surface area (Å²) < 4.78 is 5.78. The Morgan fingerprint density at radius 2 is 1.55 bits per heavy atom. The number of piperidine rings is 1. The first-order valence-electron chi connectivity index (χ1n) is 9.31. The third-order valence-electron chi connectivity index (χ3n) is 4.91. The molecule has 0 saturated carbocycles. The minimum atomic E-state index is -0.254. The molecule has 4 rings (SSSR count). The molecule has 2 aromatic carbocycles. The summed E-state index contributed by atoms with van der Waals surface area (Å²) in [6.45, 7) is 1.74. The van der Waals surface area contributed by atoms with Gasteiger partial charge in [0.25, 0.3) is 0 Å². The van der Waals surface area contributed by atoms with Gasteiger partial charge in [0.15, 0.2) is 0 Å². The van der Waals surface area contributed by atoms with E-state index in [0.717, 1.165) is 37.1 Å². The van der Waals surface area contributed by atoms with Crippen LogP contribution in [0.15, 0.2) is 79.1 Å². The Labute approximate surface area is 183 Å². The largest absolute Gasteiger partial charge is 0.457 e. The quantitative estimate of drug-likeness (QED) is 0.518. The molecule has 0 spiro atoms. The molecule has 4 nitrogen and oxygen atoms in total. The van der Waals surface area contributed by atoms with Gasteiger partial charge in [-0.05, 0) is 60.4 Å². The number of pyridine rings is 1. The second-order valence-electron chi connectivity index (χ2n) is 6.76. The van der Waals surface area contributed by atoms with Crippen molar-refractivity contribution in [2.24, 2.45) is 0 Å². The Kier molecular flexibility index (Phi) is 8.50. The van der Waals surface area contributed by atoms with Crippen molar-refractivity contribution in [3.63, 3.8) is 0 Å². The number of anilines is 1. The number of ether oxygens (including phenoxy) is 1. The van der Waals surface area contributed by atoms with Crippen molar-refractivity contribution in [1.29, 1.82) is 0 Å². The minimum Gasteiger partial charge on any atom is -0.457 e. The lowest BCUT2D eigenvalue weighted by molar-refractivity contribution is 0.0270. The van der Waals surface area contributed by atoms with Gasteiger partial charge in [-0.1, -0.05) is 30.3 Å². The van der Waals surface area contributed by atoms with E-state index in [1.54, 1.807) is 12.4 Å². The van der Waals surface area contributed by atoms with Gasteiger partial charge in [0, 0.05) is 24.6 Å². The summed E-state index contributed by atoms with van der Waals surface area (Å²) in [6.07, 6.45) is 5.38. The van der Waals surface area contributed by atoms with Gasteiger partial charge in [-0.25, -0.2) is 4.79 Å². The van der Waals surface area contributed by atoms with Gasteiger partial charge in [0.1, 0.15) is 6.10 Å². The Bertz CT molecular complexity index is 890. The summed E-state index contributed by atoms with van der Waals surface area (Å²) in [5.41, 5.74) is 3.90. The van der Waals surface area contributed by atoms with E-state index >= 15 is 0 Å². The highest BCUT2D eigenvalue weighted by Crippen LogP contribution is 2.23. The molecule has 3 aromatic rings. The molecule has 0 bridgehead atoms. The SMILES string of the molecule is Cl.Cl.O=C(OC1CCCN(c2ccccc2)C1)c1ccc(-c2ccncc2)cc1. The highest BCUT2D eigenvalue weighted by molar-refractivity contribution is 5.90. The topological polar surface area (TPSA) is 42.4 Å². The van der Waals surface area contributed by atoms with Crippen molar-refractivity contribution in [2.75, 3.05) is 18.0 Å². The third kappa shape index (κ3) is 5.72. The van der Waals surface area contributed by atoms with Gasteiger partial charge in [0.05, 0.1) is 12.1 Å². The van der Waals surface area contributed by atoms with Crippen LogP contribution in [0.1, 0.15) is 23.2 Å². The molecule has 0 amide bonds. The Hall–Kier alpha value is -2.56. The van der Waals surface area contributed by atoms with E-state index in [-0.39, 0.29) is 36.9 Å². The van der Waals surface area contributed by atoms with Gasteiger partial charge < -0.3 is 9.64 Å². The average molecular weight is 431 g/mol. The van der Waals surface area contributed by atoms with E-state index in [0.29, 0.717) is 5.56 Å². The van der Waals surface area contributed by atoms with Crippen LogP contribution < -0.4 is 4.90 Å². The molecule has 6 heteroatoms. The van der Waals surface area contributed by atoms with E-state index in [2.05, 4.69) is 22.0 Å². The number of benzene rings is 2. The molecule has 1 atom stereocenters. The number of hydrogen-bond donors (Lipinski definition) is 0. The zero-order valence-corrected chi connectivity index (χ0v) is 17.6. The van der Waals surface area contributed by atoms with E-state index < -0.39 is 0 Å². The van der Waals surface area contributed by atoms with Crippen LogP contribution in [-0.4, -0.2) is 30.1 Å². The molecule has 1 saturated heterocycles. The van der Waals surface area contributed by atoms with E-state index in [4.69, 9.17) is 4.74 Å². The number of rotatable bonds is 4. The Morgan fingerprint density at radius 1 is 0.897 bits per heavy atom.